The first-order valence-corrected chi connectivity index (χ1v) is 32.9. The van der Waals surface area contributed by atoms with Gasteiger partial charge in [0, 0.05) is 72.5 Å². The number of hydrogen-bond donors (Lipinski definition) is 2. The van der Waals surface area contributed by atoms with E-state index < -0.39 is 197 Å². The number of thiocyanates is 1. The smallest absolute Gasteiger partial charge is 0.549 e. The summed E-state index contributed by atoms with van der Waals surface area (Å²) < 4.78 is 494. The number of nitrogens with zero attached hydrogens (tertiary/aromatic N) is 3. The van der Waals surface area contributed by atoms with Gasteiger partial charge in [-0.2, -0.15) is 137 Å². The van der Waals surface area contributed by atoms with Crippen molar-refractivity contribution in [1.82, 2.24) is 14.3 Å². The number of likely N-dealkylation sites (N-methyl/N-ethyl adjacent to an activating group) is 1. The van der Waals surface area contributed by atoms with Crippen LogP contribution in [-0.4, -0.2) is 231 Å². The van der Waals surface area contributed by atoms with Crippen LogP contribution in [0.5, 0.6) is 0 Å². The van der Waals surface area contributed by atoms with E-state index in [0.29, 0.717) is 13.0 Å². The van der Waals surface area contributed by atoms with E-state index in [0.717, 1.165) is 0 Å². The molecule has 0 fully saturated rings. The third-order valence-electron chi connectivity index (χ3n) is 10.7. The van der Waals surface area contributed by atoms with Crippen molar-refractivity contribution in [2.75, 3.05) is 94.2 Å². The Labute approximate surface area is 581 Å². The Bertz CT molecular complexity index is 2680. The van der Waals surface area contributed by atoms with Gasteiger partial charge in [0.05, 0.1) is 55.7 Å². The van der Waals surface area contributed by atoms with Gasteiger partial charge in [-0.15, -0.1) is 11.6 Å². The molecule has 0 rings (SSSR count). The van der Waals surface area contributed by atoms with Gasteiger partial charge in [0.15, 0.2) is 0 Å². The maximum absolute atomic E-state index is 13.4. The van der Waals surface area contributed by atoms with Crippen molar-refractivity contribution in [2.45, 2.75) is 135 Å². The van der Waals surface area contributed by atoms with Crippen LogP contribution in [0, 0.1) is 10.7 Å². The summed E-state index contributed by atoms with van der Waals surface area (Å²) in [6, 6.07) is 0. The molecular formula is C40H50Cl2F35IN5NaO10S4. The number of nitriles is 1. The summed E-state index contributed by atoms with van der Waals surface area (Å²) in [7, 11) is -2.90. The standard InChI is InChI=1S/C12H19F7N2O4S.C10H17F7N2O2S.C6H4F7NS.C5H4ClF7O2S.C5H4F7I.C2H3ClO2.Na/c1-21(2,8-9(22)23)6-3-5-20-26(24,25)7-4-10(13,11(14,15)16)12(17,18)19;1-19(2)6-3-5-18-22(20,21)7-4-8(11,9(12,13)14)10(15,16)17;7-4(5(8,9)10,6(11,12)13)1-2-15-3-14;6-16(14,15)2-1-3(7,4(8,9)10)5(11,12)13;6-3(1-2-13,4(7,8)9)5(10,11)12;3-1-2(4)5;/h20H,3-8H2,1-2H3;18H,3-7H2,1-2H3;1-2H2;1-2H2;1-2H2;1H2,(H,4,5);/q;;;;;;+1/p-1. The minimum atomic E-state index is -6.31. The van der Waals surface area contributed by atoms with Gasteiger partial charge >= 0.3 is 91.3 Å². The molecule has 0 heterocycles. The molecule has 0 aromatic heterocycles. The molecule has 0 bridgehead atoms. The molecule has 586 valence electrons. The second-order valence-corrected chi connectivity index (χ2v) is 28.2. The van der Waals surface area contributed by atoms with Gasteiger partial charge in [-0.25, -0.2) is 56.6 Å². The molecule has 0 atom stereocenters. The Hall–Kier alpha value is -1.67. The topological polar surface area (TPSA) is 234 Å². The van der Waals surface area contributed by atoms with E-state index in [2.05, 4.69) is 22.3 Å². The number of carboxylic acid groups (broad SMARTS) is 2. The molecule has 0 radical (unpaired) electrons. The van der Waals surface area contributed by atoms with Gasteiger partial charge in [-0.1, -0.05) is 22.6 Å². The number of carbonyl (C=O) groups excluding carboxylic acids is 2. The van der Waals surface area contributed by atoms with Crippen LogP contribution in [0.4, 0.5) is 154 Å². The number of hydrogen-bond acceptors (Lipinski definition) is 13. The molecule has 0 amide bonds. The van der Waals surface area contributed by atoms with E-state index in [1.807, 2.05) is 4.72 Å². The molecule has 0 aliphatic heterocycles. The van der Waals surface area contributed by atoms with Gasteiger partial charge in [0.2, 0.25) is 29.1 Å². The molecule has 0 unspecified atom stereocenters. The number of carboxylic acids is 2. The van der Waals surface area contributed by atoms with Gasteiger partial charge in [-0.05, 0) is 38.8 Å². The number of alkyl halides is 37. The van der Waals surface area contributed by atoms with Crippen molar-refractivity contribution in [3.05, 3.63) is 0 Å². The van der Waals surface area contributed by atoms with Crippen molar-refractivity contribution in [3.63, 3.8) is 0 Å². The normalized spacial score (nSPS) is 14.1. The van der Waals surface area contributed by atoms with Crippen LogP contribution >= 0.6 is 56.6 Å². The number of halogens is 38. The average molecular weight is 1770 g/mol. The van der Waals surface area contributed by atoms with E-state index in [-0.39, 0.29) is 78.4 Å². The minimum Gasteiger partial charge on any atom is -0.549 e. The fourth-order valence-corrected chi connectivity index (χ4v) is 9.61. The Balaban J connectivity index is -0.000000211. The Morgan fingerprint density at radius 1 is 0.480 bits per heavy atom. The monoisotopic (exact) mass is 1770 g/mol. The summed E-state index contributed by atoms with van der Waals surface area (Å²) in [6.45, 7) is -0.324. The van der Waals surface area contributed by atoms with E-state index in [4.69, 9.17) is 15.2 Å². The van der Waals surface area contributed by atoms with E-state index in [9.17, 15) is 189 Å². The summed E-state index contributed by atoms with van der Waals surface area (Å²) in [6.07, 6.45) is -71.5. The Morgan fingerprint density at radius 3 is 0.929 bits per heavy atom. The zero-order chi connectivity index (χ0) is 79.8. The number of nitrogens with one attached hydrogen (secondary N) is 2. The summed E-state index contributed by atoms with van der Waals surface area (Å²) in [5.41, 5.74) is -27.1. The van der Waals surface area contributed by atoms with Crippen molar-refractivity contribution in [1.29, 1.82) is 5.26 Å². The van der Waals surface area contributed by atoms with Gasteiger partial charge in [0.25, 0.3) is 28.3 Å². The minimum absolute atomic E-state index is 0. The van der Waals surface area contributed by atoms with Crippen LogP contribution < -0.4 is 49.2 Å². The second-order valence-electron chi connectivity index (χ2n) is 19.2. The molecule has 0 spiro atoms. The number of sulfonamides is 2. The summed E-state index contributed by atoms with van der Waals surface area (Å²) >= 11 is 6.06. The quantitative estimate of drug-likeness (QED) is 0.0115. The van der Waals surface area contributed by atoms with Crippen molar-refractivity contribution >= 4 is 97.7 Å². The van der Waals surface area contributed by atoms with Crippen molar-refractivity contribution in [2.24, 2.45) is 0 Å². The molecule has 98 heavy (non-hydrogen) atoms. The zero-order valence-corrected chi connectivity index (χ0v) is 58.1. The first-order chi connectivity index (χ1) is 42.1. The number of quaternary nitrogens is 1. The third kappa shape index (κ3) is 40.0. The Morgan fingerprint density at radius 2 is 0.724 bits per heavy atom. The second kappa shape index (κ2) is 41.3. The molecule has 0 aromatic carbocycles. The van der Waals surface area contributed by atoms with Crippen LogP contribution in [0.25, 0.3) is 0 Å². The molecule has 2 N–H and O–H groups in total. The van der Waals surface area contributed by atoms with E-state index in [1.165, 1.54) is 42.1 Å². The maximum Gasteiger partial charge on any atom is 1.00 e. The number of carbonyl (C=O) groups is 2. The number of thioether (sulfide) groups is 1. The summed E-state index contributed by atoms with van der Waals surface area (Å²) in [5, 5.41) is 28.8. The number of aliphatic carboxylic acids is 2. The summed E-state index contributed by atoms with van der Waals surface area (Å²) in [4.78, 5) is 21.3. The van der Waals surface area contributed by atoms with E-state index in [1.54, 1.807) is 23.7 Å². The van der Waals surface area contributed by atoms with E-state index >= 15 is 0 Å². The Kier molecular flexibility index (Phi) is 46.2. The average Bonchev–Trinajstić information content (AvgIpc) is 0.808. The fraction of sp³-hybridized carbons (Fsp3) is 0.925. The van der Waals surface area contributed by atoms with Crippen LogP contribution in [0.3, 0.4) is 0 Å². The molecular weight excluding hydrogens is 1720 g/mol. The molecule has 0 aromatic rings. The van der Waals surface area contributed by atoms with Crippen molar-refractivity contribution < 1.29 is 233 Å². The molecule has 0 saturated heterocycles. The van der Waals surface area contributed by atoms with Crippen molar-refractivity contribution in [3.8, 4) is 5.40 Å². The first kappa shape index (κ1) is 110. The first-order valence-electron chi connectivity index (χ1n) is 24.0. The van der Waals surface area contributed by atoms with Gasteiger partial charge < -0.3 is 29.2 Å². The van der Waals surface area contributed by atoms with Crippen LogP contribution in [0.2, 0.25) is 0 Å². The predicted molar refractivity (Wildman–Crippen MR) is 273 cm³/mol. The summed E-state index contributed by atoms with van der Waals surface area (Å²) in [5.74, 6) is -9.00. The predicted octanol–water partition coefficient (Wildman–Crippen LogP) is 8.25. The largest absolute Gasteiger partial charge is 1.00 e. The molecule has 15 nitrogen and oxygen atoms in total. The van der Waals surface area contributed by atoms with Crippen LogP contribution in [-0.2, 0) is 38.7 Å². The third-order valence-corrected chi connectivity index (χ3v) is 15.9. The molecule has 58 heteroatoms. The molecule has 0 saturated carbocycles. The fourth-order valence-electron chi connectivity index (χ4n) is 5.33. The van der Waals surface area contributed by atoms with Crippen LogP contribution in [0.15, 0.2) is 0 Å². The molecule has 0 aliphatic rings. The number of rotatable bonds is 27. The zero-order valence-electron chi connectivity index (χ0n) is 49.1. The molecule has 0 aliphatic carbocycles. The van der Waals surface area contributed by atoms with Gasteiger partial charge in [0.1, 0.15) is 11.9 Å². The van der Waals surface area contributed by atoms with Crippen LogP contribution in [0.1, 0.15) is 44.9 Å². The van der Waals surface area contributed by atoms with Gasteiger partial charge in [-0.3, -0.25) is 0 Å². The maximum atomic E-state index is 13.4. The SMILES string of the molecule is CN(C)CCCNS(=O)(=O)CCC(F)(C(F)(F)F)C(F)(F)F.C[N+](C)(CCCNS(=O)(=O)CCC(F)(C(F)(F)F)C(F)(F)F)CC(=O)[O-].FC(F)(F)C(F)(CCI)C(F)(F)F.N#CSCCC(F)(C(F)(F)F)C(F)(F)F.O=C([O-])CCl.O=S(=O)(Cl)CCC(F)(C(F)(F)F)C(F)(F)F.[Na+].